The molecule has 3 aromatic carbocycles. The average molecular weight is 413 g/mol. The monoisotopic (exact) mass is 412 g/mol. The molecule has 1 heterocycles. The summed E-state index contributed by atoms with van der Waals surface area (Å²) >= 11 is 0. The van der Waals surface area contributed by atoms with Crippen LogP contribution in [0.1, 0.15) is 46.7 Å². The van der Waals surface area contributed by atoms with Crippen molar-refractivity contribution in [2.75, 3.05) is 26.2 Å². The summed E-state index contributed by atoms with van der Waals surface area (Å²) in [6.07, 6.45) is 3.43. The van der Waals surface area contributed by atoms with Crippen molar-refractivity contribution in [3.63, 3.8) is 0 Å². The van der Waals surface area contributed by atoms with Crippen LogP contribution in [0.2, 0.25) is 0 Å². The number of hydrogen-bond donors (Lipinski definition) is 1. The number of carbonyl (C=O) groups is 1. The fourth-order valence-electron chi connectivity index (χ4n) is 4.55. The van der Waals surface area contributed by atoms with Gasteiger partial charge in [-0.3, -0.25) is 4.79 Å². The van der Waals surface area contributed by atoms with Crippen LogP contribution in [0.25, 0.3) is 0 Å². The molecule has 1 aliphatic rings. The van der Waals surface area contributed by atoms with Gasteiger partial charge >= 0.3 is 0 Å². The van der Waals surface area contributed by atoms with Gasteiger partial charge in [0.1, 0.15) is 0 Å². The first kappa shape index (κ1) is 21.3. The standard InChI is InChI=1S/C28H32N2O/c31-28(26-14-8-3-9-15-26)29-22-23-16-19-30(20-17-23)21-18-27(24-10-4-1-5-11-24)25-12-6-2-7-13-25/h1-15,23,27H,16-22H2,(H,29,31). The number of hydrogen-bond acceptors (Lipinski definition) is 2. The molecule has 0 bridgehead atoms. The van der Waals surface area contributed by atoms with E-state index >= 15 is 0 Å². The molecule has 0 spiro atoms. The zero-order valence-electron chi connectivity index (χ0n) is 18.1. The van der Waals surface area contributed by atoms with Crippen LogP contribution in [-0.2, 0) is 0 Å². The first-order valence-electron chi connectivity index (χ1n) is 11.4. The van der Waals surface area contributed by atoms with E-state index in [1.165, 1.54) is 11.1 Å². The number of piperidine rings is 1. The molecule has 0 aliphatic carbocycles. The summed E-state index contributed by atoms with van der Waals surface area (Å²) in [6, 6.07) is 31.2. The Kier molecular flexibility index (Phi) is 7.51. The van der Waals surface area contributed by atoms with Crippen LogP contribution in [0.5, 0.6) is 0 Å². The van der Waals surface area contributed by atoms with E-state index in [9.17, 15) is 4.79 Å². The van der Waals surface area contributed by atoms with Crippen LogP contribution >= 0.6 is 0 Å². The molecule has 3 nitrogen and oxygen atoms in total. The quantitative estimate of drug-likeness (QED) is 0.541. The summed E-state index contributed by atoms with van der Waals surface area (Å²) in [4.78, 5) is 14.9. The van der Waals surface area contributed by atoms with E-state index < -0.39 is 0 Å². The summed E-state index contributed by atoms with van der Waals surface area (Å²) in [6.45, 7) is 4.11. The van der Waals surface area contributed by atoms with E-state index in [2.05, 4.69) is 70.9 Å². The Morgan fingerprint density at radius 3 is 1.87 bits per heavy atom. The zero-order valence-corrected chi connectivity index (χ0v) is 18.1. The number of likely N-dealkylation sites (tertiary alicyclic amines) is 1. The first-order chi connectivity index (χ1) is 15.3. The van der Waals surface area contributed by atoms with Gasteiger partial charge in [-0.05, 0) is 68.1 Å². The molecule has 4 rings (SSSR count). The van der Waals surface area contributed by atoms with Gasteiger partial charge in [-0.15, -0.1) is 0 Å². The Morgan fingerprint density at radius 2 is 1.32 bits per heavy atom. The molecule has 1 fully saturated rings. The van der Waals surface area contributed by atoms with Gasteiger partial charge in [-0.1, -0.05) is 78.9 Å². The van der Waals surface area contributed by atoms with Gasteiger partial charge in [0.15, 0.2) is 0 Å². The molecule has 0 saturated carbocycles. The third kappa shape index (κ3) is 6.05. The number of carbonyl (C=O) groups excluding carboxylic acids is 1. The van der Waals surface area contributed by atoms with Crippen LogP contribution in [0, 0.1) is 5.92 Å². The van der Waals surface area contributed by atoms with Gasteiger partial charge < -0.3 is 10.2 Å². The second-order valence-electron chi connectivity index (χ2n) is 8.52. The van der Waals surface area contributed by atoms with Gasteiger partial charge in [0, 0.05) is 18.0 Å². The first-order valence-corrected chi connectivity index (χ1v) is 11.4. The Bertz CT molecular complexity index is 880. The van der Waals surface area contributed by atoms with Crippen molar-refractivity contribution in [2.24, 2.45) is 5.92 Å². The Hall–Kier alpha value is -2.91. The van der Waals surface area contributed by atoms with Crippen LogP contribution in [-0.4, -0.2) is 37.0 Å². The van der Waals surface area contributed by atoms with Crippen molar-refractivity contribution < 1.29 is 4.79 Å². The van der Waals surface area contributed by atoms with Crippen LogP contribution < -0.4 is 5.32 Å². The van der Waals surface area contributed by atoms with E-state index in [1.807, 2.05) is 30.3 Å². The largest absolute Gasteiger partial charge is 0.352 e. The molecule has 31 heavy (non-hydrogen) atoms. The maximum absolute atomic E-state index is 12.3. The molecule has 0 unspecified atom stereocenters. The Labute approximate surface area is 186 Å². The summed E-state index contributed by atoms with van der Waals surface area (Å²) in [5.74, 6) is 1.05. The summed E-state index contributed by atoms with van der Waals surface area (Å²) in [7, 11) is 0. The predicted molar refractivity (Wildman–Crippen MR) is 127 cm³/mol. The third-order valence-electron chi connectivity index (χ3n) is 6.43. The lowest BCUT2D eigenvalue weighted by atomic mass is 9.88. The number of rotatable bonds is 8. The lowest BCUT2D eigenvalue weighted by molar-refractivity contribution is 0.0936. The smallest absolute Gasteiger partial charge is 0.251 e. The summed E-state index contributed by atoms with van der Waals surface area (Å²) < 4.78 is 0. The fourth-order valence-corrected chi connectivity index (χ4v) is 4.55. The van der Waals surface area contributed by atoms with Crippen LogP contribution in [0.3, 0.4) is 0 Å². The normalized spacial score (nSPS) is 15.1. The highest BCUT2D eigenvalue weighted by Gasteiger charge is 2.21. The Balaban J connectivity index is 1.26. The third-order valence-corrected chi connectivity index (χ3v) is 6.43. The highest BCUT2D eigenvalue weighted by Crippen LogP contribution is 2.29. The summed E-state index contributed by atoms with van der Waals surface area (Å²) in [5, 5.41) is 3.12. The highest BCUT2D eigenvalue weighted by molar-refractivity contribution is 5.94. The zero-order chi connectivity index (χ0) is 21.3. The van der Waals surface area contributed by atoms with E-state index in [-0.39, 0.29) is 5.91 Å². The molecular formula is C28H32N2O. The van der Waals surface area contributed by atoms with Crippen molar-refractivity contribution in [3.05, 3.63) is 108 Å². The van der Waals surface area contributed by atoms with Crippen molar-refractivity contribution in [1.82, 2.24) is 10.2 Å². The molecule has 1 amide bonds. The van der Waals surface area contributed by atoms with Crippen molar-refractivity contribution in [3.8, 4) is 0 Å². The van der Waals surface area contributed by atoms with Gasteiger partial charge in [0.05, 0.1) is 0 Å². The molecule has 1 saturated heterocycles. The van der Waals surface area contributed by atoms with Crippen molar-refractivity contribution in [1.29, 1.82) is 0 Å². The molecule has 1 aliphatic heterocycles. The minimum absolute atomic E-state index is 0.0385. The number of nitrogens with one attached hydrogen (secondary N) is 1. The molecule has 0 atom stereocenters. The molecule has 3 heteroatoms. The van der Waals surface area contributed by atoms with E-state index in [0.717, 1.165) is 51.0 Å². The van der Waals surface area contributed by atoms with Crippen molar-refractivity contribution in [2.45, 2.75) is 25.2 Å². The molecule has 0 radical (unpaired) electrons. The minimum atomic E-state index is 0.0385. The van der Waals surface area contributed by atoms with E-state index in [1.54, 1.807) is 0 Å². The second kappa shape index (κ2) is 10.9. The molecule has 3 aromatic rings. The minimum Gasteiger partial charge on any atom is -0.352 e. The van der Waals surface area contributed by atoms with Gasteiger partial charge in [-0.2, -0.15) is 0 Å². The maximum atomic E-state index is 12.3. The van der Waals surface area contributed by atoms with Gasteiger partial charge in [0.2, 0.25) is 0 Å². The van der Waals surface area contributed by atoms with Crippen LogP contribution in [0.15, 0.2) is 91.0 Å². The lowest BCUT2D eigenvalue weighted by Crippen LogP contribution is -2.39. The SMILES string of the molecule is O=C(NCC1CCN(CCC(c2ccccc2)c2ccccc2)CC1)c1ccccc1. The molecule has 160 valence electrons. The van der Waals surface area contributed by atoms with E-state index in [0.29, 0.717) is 11.8 Å². The average Bonchev–Trinajstić information content (AvgIpc) is 2.85. The van der Waals surface area contributed by atoms with Crippen LogP contribution in [0.4, 0.5) is 0 Å². The van der Waals surface area contributed by atoms with Gasteiger partial charge in [0.25, 0.3) is 5.91 Å². The fraction of sp³-hybridized carbons (Fsp3) is 0.321. The highest BCUT2D eigenvalue weighted by atomic mass is 16.1. The Morgan fingerprint density at radius 1 is 0.806 bits per heavy atom. The van der Waals surface area contributed by atoms with Crippen molar-refractivity contribution >= 4 is 5.91 Å². The van der Waals surface area contributed by atoms with E-state index in [4.69, 9.17) is 0 Å². The van der Waals surface area contributed by atoms with Gasteiger partial charge in [-0.25, -0.2) is 0 Å². The topological polar surface area (TPSA) is 32.3 Å². The number of benzene rings is 3. The molecular weight excluding hydrogens is 380 g/mol. The lowest BCUT2D eigenvalue weighted by Gasteiger charge is -2.33. The number of nitrogens with zero attached hydrogens (tertiary/aromatic N) is 1. The number of amides is 1. The maximum Gasteiger partial charge on any atom is 0.251 e. The second-order valence-corrected chi connectivity index (χ2v) is 8.52. The molecule has 1 N–H and O–H groups in total. The predicted octanol–water partition coefficient (Wildman–Crippen LogP) is 5.35. The summed E-state index contributed by atoms with van der Waals surface area (Å²) in [5.41, 5.74) is 3.53. The molecule has 0 aromatic heterocycles.